The Hall–Kier alpha value is -3.16. The molecule has 0 atom stereocenters. The van der Waals surface area contributed by atoms with E-state index in [1.165, 1.54) is 11.1 Å². The second-order valence-electron chi connectivity index (χ2n) is 8.68. The van der Waals surface area contributed by atoms with Crippen LogP contribution in [0.1, 0.15) is 34.0 Å². The molecule has 1 aliphatic carbocycles. The number of nitrogens with zero attached hydrogens (tertiary/aromatic N) is 1. The van der Waals surface area contributed by atoms with E-state index in [2.05, 4.69) is 40.8 Å². The van der Waals surface area contributed by atoms with Gasteiger partial charge in [-0.2, -0.15) is 0 Å². The van der Waals surface area contributed by atoms with Crippen LogP contribution < -0.4 is 9.46 Å². The zero-order valence-electron chi connectivity index (χ0n) is 19.5. The third kappa shape index (κ3) is 6.04. The molecule has 0 unspecified atom stereocenters. The van der Waals surface area contributed by atoms with Crippen molar-refractivity contribution in [3.63, 3.8) is 0 Å². The highest BCUT2D eigenvalue weighted by Crippen LogP contribution is 2.29. The molecule has 3 aromatic carbocycles. The molecule has 3 aromatic rings. The van der Waals surface area contributed by atoms with Crippen molar-refractivity contribution in [2.24, 2.45) is 0 Å². The van der Waals surface area contributed by atoms with Crippen LogP contribution in [0.4, 0.5) is 5.69 Å². The molecule has 178 valence electrons. The molecule has 0 amide bonds. The number of Topliss-reactive ketones (excluding diaryl/α,β-unsaturated/α-hetero) is 1. The lowest BCUT2D eigenvalue weighted by molar-refractivity contribution is 0.0900. The molecule has 0 radical (unpaired) electrons. The minimum absolute atomic E-state index is 0.0519. The van der Waals surface area contributed by atoms with Crippen LogP contribution in [0.3, 0.4) is 0 Å². The lowest BCUT2D eigenvalue weighted by Gasteiger charge is -2.26. The highest BCUT2D eigenvalue weighted by Gasteiger charge is 2.27. The van der Waals surface area contributed by atoms with Crippen molar-refractivity contribution in [2.75, 3.05) is 24.1 Å². The van der Waals surface area contributed by atoms with Gasteiger partial charge in [0.15, 0.2) is 5.78 Å². The van der Waals surface area contributed by atoms with Gasteiger partial charge >= 0.3 is 0 Å². The quantitative estimate of drug-likeness (QED) is 0.440. The predicted molar refractivity (Wildman–Crippen MR) is 135 cm³/mol. The number of hydrogen-bond donors (Lipinski definition) is 1. The smallest absolute Gasteiger partial charge is 0.229 e. The summed E-state index contributed by atoms with van der Waals surface area (Å²) in [6.07, 6.45) is 2.95. The van der Waals surface area contributed by atoms with Crippen molar-refractivity contribution in [2.45, 2.75) is 32.4 Å². The fourth-order valence-electron chi connectivity index (χ4n) is 4.41. The number of likely N-dealkylation sites (N-methyl/N-ethyl adjacent to an activating group) is 1. The Morgan fingerprint density at radius 3 is 2.26 bits per heavy atom. The molecule has 0 fully saturated rings. The number of carbonyl (C=O) groups excluding carboxylic acids is 1. The molecular formula is C27H30N2O4S. The Balaban J connectivity index is 1.49. The molecule has 0 heterocycles. The largest absolute Gasteiger partial charge is 0.487 e. The van der Waals surface area contributed by atoms with E-state index < -0.39 is 10.0 Å². The summed E-state index contributed by atoms with van der Waals surface area (Å²) in [7, 11) is -3.55. The van der Waals surface area contributed by atoms with Crippen LogP contribution >= 0.6 is 0 Å². The van der Waals surface area contributed by atoms with E-state index in [0.29, 0.717) is 17.9 Å². The number of anilines is 1. The number of sulfonamides is 1. The van der Waals surface area contributed by atoms with Gasteiger partial charge < -0.3 is 4.74 Å². The Morgan fingerprint density at radius 1 is 1.00 bits per heavy atom. The number of benzene rings is 3. The molecule has 0 saturated carbocycles. The molecule has 1 aliphatic rings. The first-order chi connectivity index (χ1) is 16.3. The molecule has 0 saturated heterocycles. The van der Waals surface area contributed by atoms with E-state index in [0.717, 1.165) is 31.2 Å². The van der Waals surface area contributed by atoms with Crippen molar-refractivity contribution in [1.29, 1.82) is 0 Å². The molecular weight excluding hydrogens is 448 g/mol. The highest BCUT2D eigenvalue weighted by atomic mass is 32.2. The minimum Gasteiger partial charge on any atom is -0.487 e. The second-order valence-corrected chi connectivity index (χ2v) is 10.4. The summed E-state index contributed by atoms with van der Waals surface area (Å²) in [5.41, 5.74) is 4.37. The number of hydrogen-bond acceptors (Lipinski definition) is 5. The van der Waals surface area contributed by atoms with Crippen molar-refractivity contribution in [3.05, 3.63) is 95.1 Å². The van der Waals surface area contributed by atoms with Gasteiger partial charge in [0, 0.05) is 11.6 Å². The van der Waals surface area contributed by atoms with Crippen LogP contribution in [0.25, 0.3) is 0 Å². The van der Waals surface area contributed by atoms with Crippen LogP contribution in [-0.2, 0) is 29.5 Å². The van der Waals surface area contributed by atoms with Crippen LogP contribution in [0.2, 0.25) is 0 Å². The summed E-state index contributed by atoms with van der Waals surface area (Å²) in [6, 6.07) is 23.3. The third-order valence-electron chi connectivity index (χ3n) is 6.13. The maximum atomic E-state index is 13.2. The van der Waals surface area contributed by atoms with Gasteiger partial charge in [-0.1, -0.05) is 61.5 Å². The summed E-state index contributed by atoms with van der Waals surface area (Å²) < 4.78 is 32.3. The molecule has 7 heteroatoms. The highest BCUT2D eigenvalue weighted by molar-refractivity contribution is 7.92. The summed E-state index contributed by atoms with van der Waals surface area (Å²) >= 11 is 0. The molecule has 1 N–H and O–H groups in total. The van der Waals surface area contributed by atoms with Gasteiger partial charge in [-0.05, 0) is 54.3 Å². The topological polar surface area (TPSA) is 75.7 Å². The Labute approximate surface area is 201 Å². The average Bonchev–Trinajstić information content (AvgIpc) is 3.25. The average molecular weight is 479 g/mol. The third-order valence-corrected chi connectivity index (χ3v) is 6.72. The Kier molecular flexibility index (Phi) is 7.34. The number of fused-ring (bicyclic) bond motifs is 1. The molecule has 4 rings (SSSR count). The lowest BCUT2D eigenvalue weighted by atomic mass is 10.1. The number of ketones is 1. The van der Waals surface area contributed by atoms with Crippen LogP contribution in [0, 0.1) is 0 Å². The lowest BCUT2D eigenvalue weighted by Crippen LogP contribution is -2.39. The van der Waals surface area contributed by atoms with E-state index in [-0.39, 0.29) is 24.1 Å². The monoisotopic (exact) mass is 478 g/mol. The van der Waals surface area contributed by atoms with E-state index in [1.54, 1.807) is 18.2 Å². The number of carbonyl (C=O) groups is 1. The fourth-order valence-corrected chi connectivity index (χ4v) is 4.97. The van der Waals surface area contributed by atoms with Gasteiger partial charge in [-0.15, -0.1) is 0 Å². The van der Waals surface area contributed by atoms with E-state index in [1.807, 2.05) is 30.3 Å². The van der Waals surface area contributed by atoms with Gasteiger partial charge in [-0.3, -0.25) is 14.4 Å². The standard InChI is InChI=1S/C27H30N2O4S/c1-3-29(24-15-21-11-7-8-12-22(21)16-24)18-26(30)23-13-14-27(25(17-23)28-34(2,31)32)33-19-20-9-5-4-6-10-20/h4-14,17,24,28H,3,15-16,18-19H2,1-2H3. The summed E-state index contributed by atoms with van der Waals surface area (Å²) in [5, 5.41) is 0. The van der Waals surface area contributed by atoms with Gasteiger partial charge in [0.25, 0.3) is 0 Å². The van der Waals surface area contributed by atoms with Crippen molar-refractivity contribution >= 4 is 21.5 Å². The normalized spacial score (nSPS) is 13.6. The summed E-state index contributed by atoms with van der Waals surface area (Å²) in [5.74, 6) is 0.327. The van der Waals surface area contributed by atoms with Gasteiger partial charge in [0.1, 0.15) is 12.4 Å². The molecule has 34 heavy (non-hydrogen) atoms. The first kappa shape index (κ1) is 24.0. The number of ether oxygens (including phenoxy) is 1. The fraction of sp³-hybridized carbons (Fsp3) is 0.296. The van der Waals surface area contributed by atoms with Crippen LogP contribution in [0.5, 0.6) is 5.75 Å². The summed E-state index contributed by atoms with van der Waals surface area (Å²) in [6.45, 7) is 3.39. The zero-order chi connectivity index (χ0) is 24.1. The SMILES string of the molecule is CCN(CC(=O)c1ccc(OCc2ccccc2)c(NS(C)(=O)=O)c1)C1Cc2ccccc2C1. The minimum atomic E-state index is -3.55. The molecule has 0 bridgehead atoms. The van der Waals surface area contributed by atoms with Gasteiger partial charge in [0.05, 0.1) is 18.5 Å². The molecule has 6 nitrogen and oxygen atoms in total. The first-order valence-electron chi connectivity index (χ1n) is 11.4. The Bertz CT molecular complexity index is 1230. The Morgan fingerprint density at radius 2 is 1.65 bits per heavy atom. The number of rotatable bonds is 10. The predicted octanol–water partition coefficient (Wildman–Crippen LogP) is 4.31. The molecule has 0 spiro atoms. The molecule has 0 aliphatic heterocycles. The summed E-state index contributed by atoms with van der Waals surface area (Å²) in [4.78, 5) is 15.4. The van der Waals surface area contributed by atoms with E-state index in [4.69, 9.17) is 4.74 Å². The molecule has 0 aromatic heterocycles. The van der Waals surface area contributed by atoms with Crippen molar-refractivity contribution in [1.82, 2.24) is 4.90 Å². The van der Waals surface area contributed by atoms with Gasteiger partial charge in [-0.25, -0.2) is 8.42 Å². The maximum Gasteiger partial charge on any atom is 0.229 e. The maximum absolute atomic E-state index is 13.2. The van der Waals surface area contributed by atoms with Gasteiger partial charge in [0.2, 0.25) is 10.0 Å². The first-order valence-corrected chi connectivity index (χ1v) is 13.3. The van der Waals surface area contributed by atoms with E-state index in [9.17, 15) is 13.2 Å². The number of nitrogens with one attached hydrogen (secondary N) is 1. The second kappa shape index (κ2) is 10.4. The van der Waals surface area contributed by atoms with Crippen molar-refractivity contribution < 1.29 is 17.9 Å². The van der Waals surface area contributed by atoms with E-state index >= 15 is 0 Å². The van der Waals surface area contributed by atoms with Crippen LogP contribution in [-0.4, -0.2) is 44.5 Å². The van der Waals surface area contributed by atoms with Crippen LogP contribution in [0.15, 0.2) is 72.8 Å². The zero-order valence-corrected chi connectivity index (χ0v) is 20.3. The van der Waals surface area contributed by atoms with Crippen molar-refractivity contribution in [3.8, 4) is 5.75 Å².